The van der Waals surface area contributed by atoms with Crippen LogP contribution in [0.1, 0.15) is 12.0 Å². The SMILES string of the molecule is N[C@@H](CNC(=O)CO[C@@H]1C[C@@H](CNc2ccccn2)N(C(=O)OCc2ccccc2)C1)C(=O)O. The highest BCUT2D eigenvalue weighted by molar-refractivity contribution is 5.79. The van der Waals surface area contributed by atoms with Gasteiger partial charge in [0.05, 0.1) is 18.7 Å². The van der Waals surface area contributed by atoms with Gasteiger partial charge in [-0.3, -0.25) is 9.59 Å². The second-order valence-corrected chi connectivity index (χ2v) is 7.86. The van der Waals surface area contributed by atoms with Crippen LogP contribution in [0, 0.1) is 0 Å². The van der Waals surface area contributed by atoms with Gasteiger partial charge in [-0.15, -0.1) is 0 Å². The molecule has 182 valence electrons. The van der Waals surface area contributed by atoms with Crippen LogP contribution in [0.3, 0.4) is 0 Å². The van der Waals surface area contributed by atoms with E-state index in [2.05, 4.69) is 15.6 Å². The van der Waals surface area contributed by atoms with Crippen LogP contribution in [0.2, 0.25) is 0 Å². The van der Waals surface area contributed by atoms with Gasteiger partial charge in [-0.05, 0) is 24.1 Å². The molecule has 0 spiro atoms. The van der Waals surface area contributed by atoms with Crippen molar-refractivity contribution in [2.24, 2.45) is 5.73 Å². The van der Waals surface area contributed by atoms with Crippen molar-refractivity contribution in [3.05, 3.63) is 60.3 Å². The largest absolute Gasteiger partial charge is 0.480 e. The molecule has 1 fully saturated rings. The van der Waals surface area contributed by atoms with Crippen LogP contribution in [0.25, 0.3) is 0 Å². The van der Waals surface area contributed by atoms with E-state index in [0.29, 0.717) is 18.8 Å². The van der Waals surface area contributed by atoms with Gasteiger partial charge in [0.25, 0.3) is 0 Å². The van der Waals surface area contributed by atoms with Gasteiger partial charge in [0.15, 0.2) is 0 Å². The summed E-state index contributed by atoms with van der Waals surface area (Å²) in [7, 11) is 0. The number of amides is 2. The quantitative estimate of drug-likeness (QED) is 0.372. The predicted molar refractivity (Wildman–Crippen MR) is 123 cm³/mol. The first-order valence-corrected chi connectivity index (χ1v) is 10.9. The van der Waals surface area contributed by atoms with E-state index in [1.807, 2.05) is 48.5 Å². The van der Waals surface area contributed by atoms with E-state index in [-0.39, 0.29) is 32.3 Å². The molecule has 1 aliphatic rings. The molecule has 3 atom stereocenters. The molecule has 34 heavy (non-hydrogen) atoms. The van der Waals surface area contributed by atoms with Gasteiger partial charge in [-0.2, -0.15) is 0 Å². The van der Waals surface area contributed by atoms with Crippen molar-refractivity contribution < 1.29 is 29.0 Å². The maximum atomic E-state index is 12.8. The molecule has 1 aromatic carbocycles. The Hall–Kier alpha value is -3.70. The second kappa shape index (κ2) is 12.5. The summed E-state index contributed by atoms with van der Waals surface area (Å²) in [5.74, 6) is -1.01. The third-order valence-corrected chi connectivity index (χ3v) is 5.29. The molecule has 3 rings (SSSR count). The van der Waals surface area contributed by atoms with Crippen LogP contribution in [-0.4, -0.2) is 77.4 Å². The molecule has 5 N–H and O–H groups in total. The molecule has 2 amide bonds. The number of pyridine rings is 1. The average Bonchev–Trinajstić information content (AvgIpc) is 3.27. The molecular formula is C23H29N5O6. The van der Waals surface area contributed by atoms with E-state index in [9.17, 15) is 14.4 Å². The lowest BCUT2D eigenvalue weighted by Crippen LogP contribution is -2.43. The smallest absolute Gasteiger partial charge is 0.410 e. The minimum atomic E-state index is -1.20. The van der Waals surface area contributed by atoms with Crippen molar-refractivity contribution in [3.63, 3.8) is 0 Å². The number of carboxylic acid groups (broad SMARTS) is 1. The summed E-state index contributed by atoms with van der Waals surface area (Å²) >= 11 is 0. The zero-order valence-electron chi connectivity index (χ0n) is 18.6. The number of aliphatic carboxylic acids is 1. The number of anilines is 1. The lowest BCUT2D eigenvalue weighted by molar-refractivity contribution is -0.138. The van der Waals surface area contributed by atoms with Gasteiger partial charge in [-0.25, -0.2) is 9.78 Å². The maximum Gasteiger partial charge on any atom is 0.410 e. The Morgan fingerprint density at radius 1 is 1.18 bits per heavy atom. The van der Waals surface area contributed by atoms with Crippen LogP contribution in [0.4, 0.5) is 10.6 Å². The van der Waals surface area contributed by atoms with E-state index in [0.717, 1.165) is 5.56 Å². The molecule has 1 aromatic heterocycles. The van der Waals surface area contributed by atoms with Gasteiger partial charge in [0.1, 0.15) is 25.1 Å². The molecule has 0 bridgehead atoms. The van der Waals surface area contributed by atoms with Gasteiger partial charge < -0.3 is 35.8 Å². The van der Waals surface area contributed by atoms with Crippen LogP contribution in [0.5, 0.6) is 0 Å². The molecule has 1 aliphatic heterocycles. The van der Waals surface area contributed by atoms with Gasteiger partial charge in [0.2, 0.25) is 5.91 Å². The summed E-state index contributed by atoms with van der Waals surface area (Å²) in [4.78, 5) is 41.4. The zero-order chi connectivity index (χ0) is 24.3. The summed E-state index contributed by atoms with van der Waals surface area (Å²) in [5, 5.41) is 14.4. The van der Waals surface area contributed by atoms with Crippen molar-refractivity contribution in [2.75, 3.05) is 31.6 Å². The summed E-state index contributed by atoms with van der Waals surface area (Å²) in [6.45, 7) is 0.358. The van der Waals surface area contributed by atoms with Crippen LogP contribution >= 0.6 is 0 Å². The van der Waals surface area contributed by atoms with Crippen molar-refractivity contribution >= 4 is 23.8 Å². The van der Waals surface area contributed by atoms with E-state index >= 15 is 0 Å². The summed E-state index contributed by atoms with van der Waals surface area (Å²) in [5.41, 5.74) is 6.26. The average molecular weight is 472 g/mol. The number of nitrogens with one attached hydrogen (secondary N) is 2. The highest BCUT2D eigenvalue weighted by atomic mass is 16.6. The fourth-order valence-corrected chi connectivity index (χ4v) is 3.46. The zero-order valence-corrected chi connectivity index (χ0v) is 18.6. The summed E-state index contributed by atoms with van der Waals surface area (Å²) in [6.07, 6.45) is 1.30. The van der Waals surface area contributed by atoms with Crippen molar-refractivity contribution in [2.45, 2.75) is 31.2 Å². The number of nitrogens with zero attached hydrogens (tertiary/aromatic N) is 2. The highest BCUT2D eigenvalue weighted by Crippen LogP contribution is 2.22. The number of carboxylic acids is 1. The monoisotopic (exact) mass is 471 g/mol. The van der Waals surface area contributed by atoms with Gasteiger partial charge in [-0.1, -0.05) is 36.4 Å². The Bertz CT molecular complexity index is 945. The number of benzene rings is 1. The number of likely N-dealkylation sites (tertiary alicyclic amines) is 1. The minimum Gasteiger partial charge on any atom is -0.480 e. The Balaban J connectivity index is 1.54. The fraction of sp³-hybridized carbons (Fsp3) is 0.391. The predicted octanol–water partition coefficient (Wildman–Crippen LogP) is 0.818. The summed E-state index contributed by atoms with van der Waals surface area (Å²) < 4.78 is 11.2. The number of carbonyl (C=O) groups is 3. The van der Waals surface area contributed by atoms with Crippen molar-refractivity contribution in [1.82, 2.24) is 15.2 Å². The normalized spacial score (nSPS) is 18.2. The number of hydrogen-bond donors (Lipinski definition) is 4. The van der Waals surface area contributed by atoms with Crippen molar-refractivity contribution in [1.29, 1.82) is 0 Å². The first-order valence-electron chi connectivity index (χ1n) is 10.9. The molecule has 0 unspecified atom stereocenters. The van der Waals surface area contributed by atoms with E-state index in [1.165, 1.54) is 0 Å². The Morgan fingerprint density at radius 2 is 1.94 bits per heavy atom. The first kappa shape index (κ1) is 24.9. The lowest BCUT2D eigenvalue weighted by Gasteiger charge is -2.24. The van der Waals surface area contributed by atoms with E-state index < -0.39 is 30.1 Å². The fourth-order valence-electron chi connectivity index (χ4n) is 3.46. The number of nitrogens with two attached hydrogens (primary N) is 1. The Morgan fingerprint density at radius 3 is 2.65 bits per heavy atom. The molecule has 11 nitrogen and oxygen atoms in total. The number of hydrogen-bond acceptors (Lipinski definition) is 8. The molecule has 11 heteroatoms. The van der Waals surface area contributed by atoms with Crippen LogP contribution in [-0.2, 0) is 25.7 Å². The van der Waals surface area contributed by atoms with E-state index in [1.54, 1.807) is 11.1 Å². The lowest BCUT2D eigenvalue weighted by atomic mass is 10.2. The summed E-state index contributed by atoms with van der Waals surface area (Å²) in [6, 6.07) is 13.4. The second-order valence-electron chi connectivity index (χ2n) is 7.86. The molecule has 0 saturated carbocycles. The molecule has 0 aliphatic carbocycles. The number of aromatic nitrogens is 1. The third kappa shape index (κ3) is 7.71. The van der Waals surface area contributed by atoms with Gasteiger partial charge in [0, 0.05) is 19.3 Å². The van der Waals surface area contributed by atoms with Crippen LogP contribution in [0.15, 0.2) is 54.7 Å². The third-order valence-electron chi connectivity index (χ3n) is 5.29. The standard InChI is InChI=1S/C23H29N5O6/c24-19(22(30)31)12-27-21(29)15-33-18-10-17(11-26-20-8-4-5-9-25-20)28(13-18)23(32)34-14-16-6-2-1-3-7-16/h1-9,17-19H,10-15,24H2,(H,25,26)(H,27,29)(H,30,31)/t17-,18+,19-/m0/s1. The van der Waals surface area contributed by atoms with E-state index in [4.69, 9.17) is 20.3 Å². The topological polar surface area (TPSA) is 156 Å². The number of rotatable bonds is 11. The first-order chi connectivity index (χ1) is 16.4. The molecule has 0 radical (unpaired) electrons. The molecule has 1 saturated heterocycles. The Labute approximate surface area is 197 Å². The van der Waals surface area contributed by atoms with Crippen LogP contribution < -0.4 is 16.4 Å². The molecule has 2 heterocycles. The van der Waals surface area contributed by atoms with Crippen molar-refractivity contribution in [3.8, 4) is 0 Å². The van der Waals surface area contributed by atoms with Gasteiger partial charge >= 0.3 is 12.1 Å². The molecular weight excluding hydrogens is 442 g/mol. The molecule has 2 aromatic rings. The minimum absolute atomic E-state index is 0.147. The Kier molecular flexibility index (Phi) is 9.18. The highest BCUT2D eigenvalue weighted by Gasteiger charge is 2.37. The number of carbonyl (C=O) groups excluding carboxylic acids is 2. The maximum absolute atomic E-state index is 12.8. The number of ether oxygens (including phenoxy) is 2.